The molecule has 4 rings (SSSR count). The summed E-state index contributed by atoms with van der Waals surface area (Å²) in [7, 11) is 0. The highest BCUT2D eigenvalue weighted by Crippen LogP contribution is 2.40. The third-order valence-electron chi connectivity index (χ3n) is 5.73. The van der Waals surface area contributed by atoms with Gasteiger partial charge < -0.3 is 16.4 Å². The van der Waals surface area contributed by atoms with Crippen LogP contribution in [-0.2, 0) is 0 Å². The molecule has 2 heterocycles. The third kappa shape index (κ3) is 3.16. The standard InChI is InChI=1S/C19H21Cl2N5O/c1-9-15(11-3-2-4-13(20)16(11)21)17(18(23)27)25-19(24-9)26-7-10-5-6-14(22)12(10)8-26/h2-4,10,12,14H,5-8,22H2,1H3,(H2,23,27). The van der Waals surface area contributed by atoms with Crippen molar-refractivity contribution in [1.82, 2.24) is 9.97 Å². The Kier molecular flexibility index (Phi) is 4.74. The molecular weight excluding hydrogens is 385 g/mol. The van der Waals surface area contributed by atoms with Gasteiger partial charge in [0.05, 0.1) is 15.7 Å². The van der Waals surface area contributed by atoms with E-state index in [1.807, 2.05) is 6.92 Å². The van der Waals surface area contributed by atoms with E-state index in [2.05, 4.69) is 14.9 Å². The van der Waals surface area contributed by atoms with Gasteiger partial charge in [-0.25, -0.2) is 9.97 Å². The lowest BCUT2D eigenvalue weighted by Crippen LogP contribution is -2.31. The molecule has 0 bridgehead atoms. The molecule has 3 atom stereocenters. The Morgan fingerprint density at radius 1 is 1.22 bits per heavy atom. The monoisotopic (exact) mass is 405 g/mol. The molecule has 2 fully saturated rings. The lowest BCUT2D eigenvalue weighted by atomic mass is 9.98. The lowest BCUT2D eigenvalue weighted by Gasteiger charge is -2.21. The summed E-state index contributed by atoms with van der Waals surface area (Å²) in [4.78, 5) is 23.5. The zero-order valence-electron chi connectivity index (χ0n) is 15.0. The van der Waals surface area contributed by atoms with E-state index in [1.54, 1.807) is 18.2 Å². The van der Waals surface area contributed by atoms with E-state index in [4.69, 9.17) is 34.7 Å². The average molecular weight is 406 g/mol. The second-order valence-electron chi connectivity index (χ2n) is 7.37. The van der Waals surface area contributed by atoms with Crippen LogP contribution in [0.15, 0.2) is 18.2 Å². The zero-order valence-corrected chi connectivity index (χ0v) is 16.5. The fourth-order valence-corrected chi connectivity index (χ4v) is 4.76. The fourth-order valence-electron chi connectivity index (χ4n) is 4.37. The number of fused-ring (bicyclic) bond motifs is 1. The Morgan fingerprint density at radius 3 is 2.70 bits per heavy atom. The van der Waals surface area contributed by atoms with E-state index in [9.17, 15) is 4.79 Å². The first kappa shape index (κ1) is 18.5. The number of hydrogen-bond donors (Lipinski definition) is 2. The van der Waals surface area contributed by atoms with E-state index < -0.39 is 5.91 Å². The molecule has 2 aliphatic rings. The number of nitrogens with two attached hydrogens (primary N) is 2. The van der Waals surface area contributed by atoms with Crippen LogP contribution in [-0.4, -0.2) is 35.0 Å². The number of nitrogens with zero attached hydrogens (tertiary/aromatic N) is 3. The van der Waals surface area contributed by atoms with Gasteiger partial charge in [0.1, 0.15) is 5.69 Å². The van der Waals surface area contributed by atoms with Crippen molar-refractivity contribution in [3.8, 4) is 11.1 Å². The summed E-state index contributed by atoms with van der Waals surface area (Å²) in [5.41, 5.74) is 13.8. The molecule has 142 valence electrons. The smallest absolute Gasteiger partial charge is 0.268 e. The second kappa shape index (κ2) is 6.93. The third-order valence-corrected chi connectivity index (χ3v) is 6.55. The Balaban J connectivity index is 1.77. The first-order chi connectivity index (χ1) is 12.9. The molecule has 4 N–H and O–H groups in total. The van der Waals surface area contributed by atoms with Crippen molar-refractivity contribution in [2.45, 2.75) is 25.8 Å². The number of amides is 1. The van der Waals surface area contributed by atoms with E-state index >= 15 is 0 Å². The zero-order chi connectivity index (χ0) is 19.3. The molecule has 1 aromatic carbocycles. The van der Waals surface area contributed by atoms with Crippen LogP contribution in [0.25, 0.3) is 11.1 Å². The number of benzene rings is 1. The fraction of sp³-hybridized carbons (Fsp3) is 0.421. The van der Waals surface area contributed by atoms with Crippen LogP contribution in [0.5, 0.6) is 0 Å². The number of rotatable bonds is 3. The minimum atomic E-state index is -0.621. The molecule has 1 aromatic heterocycles. The van der Waals surface area contributed by atoms with Crippen molar-refractivity contribution in [3.05, 3.63) is 39.6 Å². The van der Waals surface area contributed by atoms with E-state index in [-0.39, 0.29) is 11.7 Å². The van der Waals surface area contributed by atoms with Crippen LogP contribution < -0.4 is 16.4 Å². The number of aryl methyl sites for hydroxylation is 1. The Hall–Kier alpha value is -1.89. The number of primary amides is 1. The molecular formula is C19H21Cl2N5O. The Morgan fingerprint density at radius 2 is 2.00 bits per heavy atom. The minimum Gasteiger partial charge on any atom is -0.364 e. The molecule has 0 radical (unpaired) electrons. The SMILES string of the molecule is Cc1nc(N2CC3CCC(N)C3C2)nc(C(N)=O)c1-c1cccc(Cl)c1Cl. The summed E-state index contributed by atoms with van der Waals surface area (Å²) < 4.78 is 0. The van der Waals surface area contributed by atoms with E-state index in [0.29, 0.717) is 44.7 Å². The maximum atomic E-state index is 12.2. The lowest BCUT2D eigenvalue weighted by molar-refractivity contribution is 0.0996. The number of carbonyl (C=O) groups excluding carboxylic acids is 1. The molecule has 2 aromatic rings. The number of carbonyl (C=O) groups is 1. The quantitative estimate of drug-likeness (QED) is 0.817. The van der Waals surface area contributed by atoms with Gasteiger partial charge in [-0.05, 0) is 37.7 Å². The predicted octanol–water partition coefficient (Wildman–Crippen LogP) is 3.03. The summed E-state index contributed by atoms with van der Waals surface area (Å²) >= 11 is 12.5. The molecule has 0 spiro atoms. The summed E-state index contributed by atoms with van der Waals surface area (Å²) in [6.07, 6.45) is 2.20. The highest BCUT2D eigenvalue weighted by atomic mass is 35.5. The number of hydrogen-bond acceptors (Lipinski definition) is 5. The van der Waals surface area contributed by atoms with Crippen LogP contribution in [0, 0.1) is 18.8 Å². The van der Waals surface area contributed by atoms with Crippen LogP contribution >= 0.6 is 23.2 Å². The van der Waals surface area contributed by atoms with Gasteiger partial charge in [-0.1, -0.05) is 35.3 Å². The Labute approximate surface area is 167 Å². The summed E-state index contributed by atoms with van der Waals surface area (Å²) in [5, 5.41) is 0.747. The molecule has 3 unspecified atom stereocenters. The molecule has 1 saturated heterocycles. The highest BCUT2D eigenvalue weighted by molar-refractivity contribution is 6.43. The van der Waals surface area contributed by atoms with Crippen molar-refractivity contribution in [1.29, 1.82) is 0 Å². The molecule has 1 amide bonds. The van der Waals surface area contributed by atoms with Crippen LogP contribution in [0.1, 0.15) is 29.0 Å². The van der Waals surface area contributed by atoms with Crippen molar-refractivity contribution in [3.63, 3.8) is 0 Å². The van der Waals surface area contributed by atoms with Gasteiger partial charge in [-0.3, -0.25) is 4.79 Å². The maximum absolute atomic E-state index is 12.2. The van der Waals surface area contributed by atoms with E-state index in [1.165, 1.54) is 0 Å². The number of anilines is 1. The van der Waals surface area contributed by atoms with Gasteiger partial charge in [-0.2, -0.15) is 0 Å². The van der Waals surface area contributed by atoms with Crippen molar-refractivity contribution < 1.29 is 4.79 Å². The first-order valence-electron chi connectivity index (χ1n) is 9.00. The van der Waals surface area contributed by atoms with Crippen LogP contribution in [0.3, 0.4) is 0 Å². The first-order valence-corrected chi connectivity index (χ1v) is 9.75. The molecule has 27 heavy (non-hydrogen) atoms. The van der Waals surface area contributed by atoms with Crippen molar-refractivity contribution in [2.75, 3.05) is 18.0 Å². The molecule has 8 heteroatoms. The predicted molar refractivity (Wildman–Crippen MR) is 107 cm³/mol. The largest absolute Gasteiger partial charge is 0.364 e. The summed E-state index contributed by atoms with van der Waals surface area (Å²) in [6.45, 7) is 3.49. The van der Waals surface area contributed by atoms with E-state index in [0.717, 1.165) is 25.9 Å². The number of halogens is 2. The van der Waals surface area contributed by atoms with Gasteiger partial charge in [-0.15, -0.1) is 0 Å². The van der Waals surface area contributed by atoms with Gasteiger partial charge in [0.2, 0.25) is 5.95 Å². The van der Waals surface area contributed by atoms with Crippen molar-refractivity contribution in [2.24, 2.45) is 23.3 Å². The van der Waals surface area contributed by atoms with Gasteiger partial charge in [0.15, 0.2) is 0 Å². The molecule has 1 saturated carbocycles. The Bertz CT molecular complexity index is 919. The average Bonchev–Trinajstić information content (AvgIpc) is 3.19. The number of aromatic nitrogens is 2. The summed E-state index contributed by atoms with van der Waals surface area (Å²) in [5.74, 6) is 0.907. The minimum absolute atomic E-state index is 0.156. The molecule has 1 aliphatic heterocycles. The van der Waals surface area contributed by atoms with Gasteiger partial charge in [0.25, 0.3) is 5.91 Å². The van der Waals surface area contributed by atoms with Gasteiger partial charge in [0, 0.05) is 30.3 Å². The molecule has 6 nitrogen and oxygen atoms in total. The van der Waals surface area contributed by atoms with Gasteiger partial charge >= 0.3 is 0 Å². The highest BCUT2D eigenvalue weighted by Gasteiger charge is 2.42. The summed E-state index contributed by atoms with van der Waals surface area (Å²) in [6, 6.07) is 5.46. The van der Waals surface area contributed by atoms with Crippen LogP contribution in [0.2, 0.25) is 10.0 Å². The second-order valence-corrected chi connectivity index (χ2v) is 8.15. The topological polar surface area (TPSA) is 98.1 Å². The van der Waals surface area contributed by atoms with Crippen molar-refractivity contribution >= 4 is 35.1 Å². The normalized spacial score (nSPS) is 24.3. The molecule has 1 aliphatic carbocycles. The maximum Gasteiger partial charge on any atom is 0.268 e. The van der Waals surface area contributed by atoms with Crippen LogP contribution in [0.4, 0.5) is 5.95 Å².